The van der Waals surface area contributed by atoms with Gasteiger partial charge in [-0.25, -0.2) is 0 Å². The molecule has 2 rings (SSSR count). The highest BCUT2D eigenvalue weighted by molar-refractivity contribution is 5.58. The minimum Gasteiger partial charge on any atom is -0.347 e. The van der Waals surface area contributed by atoms with E-state index in [0.717, 1.165) is 30.6 Å². The molecule has 0 N–H and O–H groups in total. The molecule has 0 bridgehead atoms. The summed E-state index contributed by atoms with van der Waals surface area (Å²) in [6.07, 6.45) is 4.16. The molecule has 4 nitrogen and oxygen atoms in total. The van der Waals surface area contributed by atoms with E-state index in [-0.39, 0.29) is 0 Å². The molecule has 0 spiro atoms. The van der Waals surface area contributed by atoms with Gasteiger partial charge in [-0.2, -0.15) is 10.4 Å². The summed E-state index contributed by atoms with van der Waals surface area (Å²) in [5.74, 6) is 0.706. The second-order valence-corrected chi connectivity index (χ2v) is 4.39. The van der Waals surface area contributed by atoms with E-state index >= 15 is 0 Å². The number of aryl methyl sites for hydroxylation is 1. The fourth-order valence-electron chi connectivity index (χ4n) is 1.86. The molecular formula is C13H16N4. The Hall–Kier alpha value is -1.89. The third-order valence-electron chi connectivity index (χ3n) is 3.13. The number of rotatable bonds is 4. The Balaban J connectivity index is 2.46. The number of hydrogen-bond donors (Lipinski definition) is 0. The number of aromatic nitrogens is 2. The van der Waals surface area contributed by atoms with Gasteiger partial charge in [0, 0.05) is 12.6 Å². The Morgan fingerprint density at radius 1 is 1.47 bits per heavy atom. The zero-order valence-corrected chi connectivity index (χ0v) is 10.3. The first-order chi connectivity index (χ1) is 8.19. The van der Waals surface area contributed by atoms with E-state index in [1.54, 1.807) is 0 Å². The standard InChI is InChI=1S/C13H16N4/c1-4-7-17(11-5-6-11)13-12(8-14)9(2)10(3)15-16-13/h4,11H,1,5-7H2,2-3H3. The number of hydrogen-bond acceptors (Lipinski definition) is 4. The van der Waals surface area contributed by atoms with Crippen molar-refractivity contribution in [2.75, 3.05) is 11.4 Å². The van der Waals surface area contributed by atoms with Crippen molar-refractivity contribution in [3.8, 4) is 6.07 Å². The molecule has 1 heterocycles. The number of nitrogens with zero attached hydrogens (tertiary/aromatic N) is 4. The summed E-state index contributed by atoms with van der Waals surface area (Å²) in [4.78, 5) is 2.13. The first kappa shape index (κ1) is 11.6. The molecular weight excluding hydrogens is 212 g/mol. The van der Waals surface area contributed by atoms with Crippen LogP contribution in [0, 0.1) is 25.2 Å². The summed E-state index contributed by atoms with van der Waals surface area (Å²) in [6, 6.07) is 2.74. The van der Waals surface area contributed by atoms with Gasteiger partial charge in [0.1, 0.15) is 11.6 Å². The van der Waals surface area contributed by atoms with Gasteiger partial charge < -0.3 is 4.90 Å². The minimum absolute atomic E-state index is 0.497. The fourth-order valence-corrected chi connectivity index (χ4v) is 1.86. The molecule has 1 aromatic heterocycles. The normalized spacial score (nSPS) is 14.2. The third kappa shape index (κ3) is 2.14. The van der Waals surface area contributed by atoms with E-state index in [9.17, 15) is 5.26 Å². The predicted octanol–water partition coefficient (Wildman–Crippen LogP) is 2.12. The van der Waals surface area contributed by atoms with Gasteiger partial charge in [0.25, 0.3) is 0 Å². The molecule has 0 atom stereocenters. The van der Waals surface area contributed by atoms with Crippen LogP contribution in [0.2, 0.25) is 0 Å². The van der Waals surface area contributed by atoms with E-state index in [4.69, 9.17) is 0 Å². The lowest BCUT2D eigenvalue weighted by molar-refractivity contribution is 0.806. The van der Waals surface area contributed by atoms with Crippen LogP contribution in [0.4, 0.5) is 5.82 Å². The van der Waals surface area contributed by atoms with Crippen molar-refractivity contribution in [3.05, 3.63) is 29.5 Å². The first-order valence-electron chi connectivity index (χ1n) is 5.80. The van der Waals surface area contributed by atoms with Crippen LogP contribution in [-0.2, 0) is 0 Å². The van der Waals surface area contributed by atoms with E-state index < -0.39 is 0 Å². The van der Waals surface area contributed by atoms with Crippen molar-refractivity contribution in [1.82, 2.24) is 10.2 Å². The molecule has 0 amide bonds. The maximum absolute atomic E-state index is 9.27. The van der Waals surface area contributed by atoms with Gasteiger partial charge in [-0.15, -0.1) is 11.7 Å². The molecule has 17 heavy (non-hydrogen) atoms. The van der Waals surface area contributed by atoms with E-state index in [2.05, 4.69) is 27.7 Å². The monoisotopic (exact) mass is 228 g/mol. The van der Waals surface area contributed by atoms with Gasteiger partial charge in [-0.3, -0.25) is 0 Å². The van der Waals surface area contributed by atoms with Crippen LogP contribution in [-0.4, -0.2) is 22.8 Å². The highest BCUT2D eigenvalue weighted by atomic mass is 15.3. The van der Waals surface area contributed by atoms with Crippen LogP contribution in [0.3, 0.4) is 0 Å². The summed E-state index contributed by atoms with van der Waals surface area (Å²) in [5.41, 5.74) is 2.39. The maximum Gasteiger partial charge on any atom is 0.170 e. The molecule has 0 aliphatic heterocycles. The van der Waals surface area contributed by atoms with Crippen LogP contribution < -0.4 is 4.90 Å². The van der Waals surface area contributed by atoms with Gasteiger partial charge in [0.05, 0.1) is 5.69 Å². The lowest BCUT2D eigenvalue weighted by Gasteiger charge is -2.23. The molecule has 4 heteroatoms. The van der Waals surface area contributed by atoms with Crippen LogP contribution in [0.5, 0.6) is 0 Å². The predicted molar refractivity (Wildman–Crippen MR) is 66.8 cm³/mol. The van der Waals surface area contributed by atoms with Crippen molar-refractivity contribution in [3.63, 3.8) is 0 Å². The second-order valence-electron chi connectivity index (χ2n) is 4.39. The Kier molecular flexibility index (Phi) is 3.10. The molecule has 1 saturated carbocycles. The van der Waals surface area contributed by atoms with Crippen molar-refractivity contribution < 1.29 is 0 Å². The van der Waals surface area contributed by atoms with Crippen molar-refractivity contribution in [2.45, 2.75) is 32.7 Å². The summed E-state index contributed by atoms with van der Waals surface area (Å²) in [7, 11) is 0. The van der Waals surface area contributed by atoms with Crippen molar-refractivity contribution in [1.29, 1.82) is 5.26 Å². The number of anilines is 1. The van der Waals surface area contributed by atoms with E-state index in [1.807, 2.05) is 19.9 Å². The average Bonchev–Trinajstić information content (AvgIpc) is 3.14. The summed E-state index contributed by atoms with van der Waals surface area (Å²) >= 11 is 0. The molecule has 1 aromatic rings. The highest BCUT2D eigenvalue weighted by Crippen LogP contribution is 2.32. The summed E-state index contributed by atoms with van der Waals surface area (Å²) in [6.45, 7) is 8.28. The smallest absolute Gasteiger partial charge is 0.170 e. The van der Waals surface area contributed by atoms with E-state index in [0.29, 0.717) is 17.4 Å². The zero-order chi connectivity index (χ0) is 12.4. The van der Waals surface area contributed by atoms with Gasteiger partial charge in [-0.05, 0) is 32.3 Å². The molecule has 0 saturated heterocycles. The largest absolute Gasteiger partial charge is 0.347 e. The Morgan fingerprint density at radius 2 is 2.18 bits per heavy atom. The van der Waals surface area contributed by atoms with Gasteiger partial charge in [-0.1, -0.05) is 6.08 Å². The molecule has 0 aromatic carbocycles. The molecule has 0 radical (unpaired) electrons. The lowest BCUT2D eigenvalue weighted by Crippen LogP contribution is -2.28. The van der Waals surface area contributed by atoms with Gasteiger partial charge in [0.15, 0.2) is 5.82 Å². The second kappa shape index (κ2) is 4.54. The van der Waals surface area contributed by atoms with Crippen molar-refractivity contribution in [2.24, 2.45) is 0 Å². The molecule has 1 aliphatic carbocycles. The van der Waals surface area contributed by atoms with Crippen LogP contribution >= 0.6 is 0 Å². The Labute approximate surface area is 102 Å². The zero-order valence-electron chi connectivity index (χ0n) is 10.3. The molecule has 1 fully saturated rings. The van der Waals surface area contributed by atoms with Crippen molar-refractivity contribution >= 4 is 5.82 Å². The third-order valence-corrected chi connectivity index (χ3v) is 3.13. The van der Waals surface area contributed by atoms with E-state index in [1.165, 1.54) is 0 Å². The minimum atomic E-state index is 0.497. The maximum atomic E-state index is 9.27. The quantitative estimate of drug-likeness (QED) is 0.741. The van der Waals surface area contributed by atoms with Crippen LogP contribution in [0.1, 0.15) is 29.7 Å². The fraction of sp³-hybridized carbons (Fsp3) is 0.462. The molecule has 88 valence electrons. The van der Waals surface area contributed by atoms with Gasteiger partial charge in [0.2, 0.25) is 0 Å². The first-order valence-corrected chi connectivity index (χ1v) is 5.80. The average molecular weight is 228 g/mol. The van der Waals surface area contributed by atoms with Crippen LogP contribution in [0.25, 0.3) is 0 Å². The summed E-state index contributed by atoms with van der Waals surface area (Å²) < 4.78 is 0. The summed E-state index contributed by atoms with van der Waals surface area (Å²) in [5, 5.41) is 17.6. The van der Waals surface area contributed by atoms with Crippen LogP contribution in [0.15, 0.2) is 12.7 Å². The molecule has 0 unspecified atom stereocenters. The SMILES string of the molecule is C=CCN(c1nnc(C)c(C)c1C#N)C1CC1. The van der Waals surface area contributed by atoms with Gasteiger partial charge >= 0.3 is 0 Å². The lowest BCUT2D eigenvalue weighted by atomic mass is 10.1. The number of nitriles is 1. The molecule has 1 aliphatic rings. The Bertz CT molecular complexity index is 483. The Morgan fingerprint density at radius 3 is 2.71 bits per heavy atom. The highest BCUT2D eigenvalue weighted by Gasteiger charge is 2.31. The topological polar surface area (TPSA) is 52.8 Å².